The van der Waals surface area contributed by atoms with E-state index in [1.807, 2.05) is 36.4 Å². The first-order valence-corrected chi connectivity index (χ1v) is 5.89. The molecule has 0 atom stereocenters. The van der Waals surface area contributed by atoms with Crippen LogP contribution in [0.2, 0.25) is 0 Å². The van der Waals surface area contributed by atoms with Crippen LogP contribution in [-0.2, 0) is 0 Å². The van der Waals surface area contributed by atoms with E-state index in [4.69, 9.17) is 0 Å². The first-order chi connectivity index (χ1) is 8.66. The van der Waals surface area contributed by atoms with Gasteiger partial charge in [-0.05, 0) is 24.3 Å². The smallest absolute Gasteiger partial charge is 0.253 e. The topological polar surface area (TPSA) is 36.1 Å². The second kappa shape index (κ2) is 3.88. The lowest BCUT2D eigenvalue weighted by atomic mass is 10.1. The van der Waals surface area contributed by atoms with Gasteiger partial charge in [0.05, 0.1) is 0 Å². The van der Waals surface area contributed by atoms with E-state index < -0.39 is 0 Å². The molecule has 0 unspecified atom stereocenters. The Hall–Kier alpha value is -2.29. The van der Waals surface area contributed by atoms with Gasteiger partial charge in [0.2, 0.25) is 0 Å². The van der Waals surface area contributed by atoms with Gasteiger partial charge in [0.25, 0.3) is 5.91 Å². The summed E-state index contributed by atoms with van der Waals surface area (Å²) in [4.78, 5) is 16.9. The number of fused-ring (bicyclic) bond motifs is 3. The van der Waals surface area contributed by atoms with Gasteiger partial charge in [-0.2, -0.15) is 0 Å². The summed E-state index contributed by atoms with van der Waals surface area (Å²) in [7, 11) is 3.53. The van der Waals surface area contributed by atoms with Crippen LogP contribution in [0.4, 0.5) is 0 Å². The molecule has 0 saturated heterocycles. The molecule has 3 aromatic rings. The van der Waals surface area contributed by atoms with E-state index in [-0.39, 0.29) is 5.91 Å². The molecule has 0 fully saturated rings. The zero-order valence-corrected chi connectivity index (χ0v) is 10.4. The Kier molecular flexibility index (Phi) is 2.33. The predicted octanol–water partition coefficient (Wildman–Crippen LogP) is 3.02. The van der Waals surface area contributed by atoms with Crippen LogP contribution >= 0.6 is 0 Å². The third-order valence-electron chi connectivity index (χ3n) is 3.16. The molecule has 3 nitrogen and oxygen atoms in total. The lowest BCUT2D eigenvalue weighted by Crippen LogP contribution is -2.21. The van der Waals surface area contributed by atoms with Crippen molar-refractivity contribution in [2.45, 2.75) is 0 Å². The molecule has 0 bridgehead atoms. The molecule has 3 rings (SSSR count). The fourth-order valence-corrected chi connectivity index (χ4v) is 2.24. The maximum Gasteiger partial charge on any atom is 0.253 e. The van der Waals surface area contributed by atoms with Gasteiger partial charge in [-0.1, -0.05) is 18.2 Å². The van der Waals surface area contributed by atoms with E-state index in [1.54, 1.807) is 19.0 Å². The minimum absolute atomic E-state index is 0.0298. The summed E-state index contributed by atoms with van der Waals surface area (Å²) in [6.45, 7) is 0. The largest absolute Gasteiger partial charge is 0.355 e. The number of aromatic amines is 1. The summed E-state index contributed by atoms with van der Waals surface area (Å²) in [5.74, 6) is 0.0298. The van der Waals surface area contributed by atoms with E-state index in [1.165, 1.54) is 0 Å². The first kappa shape index (κ1) is 10.8. The van der Waals surface area contributed by atoms with Gasteiger partial charge in [0, 0.05) is 41.5 Å². The molecular weight excluding hydrogens is 224 g/mol. The van der Waals surface area contributed by atoms with Crippen LogP contribution in [0, 0.1) is 0 Å². The Morgan fingerprint density at radius 1 is 1.00 bits per heavy atom. The Balaban J connectivity index is 2.28. The zero-order chi connectivity index (χ0) is 12.7. The molecule has 3 heteroatoms. The third kappa shape index (κ3) is 1.56. The highest BCUT2D eigenvalue weighted by Crippen LogP contribution is 2.26. The molecule has 1 N–H and O–H groups in total. The van der Waals surface area contributed by atoms with Crippen LogP contribution in [0.5, 0.6) is 0 Å². The number of carbonyl (C=O) groups is 1. The Bertz CT molecular complexity index is 740. The quantitative estimate of drug-likeness (QED) is 0.695. The van der Waals surface area contributed by atoms with Gasteiger partial charge in [-0.3, -0.25) is 4.79 Å². The number of hydrogen-bond acceptors (Lipinski definition) is 1. The summed E-state index contributed by atoms with van der Waals surface area (Å²) in [5, 5.41) is 2.25. The van der Waals surface area contributed by atoms with Crippen LogP contribution in [0.15, 0.2) is 42.5 Å². The van der Waals surface area contributed by atoms with Crippen molar-refractivity contribution in [3.05, 3.63) is 48.0 Å². The highest BCUT2D eigenvalue weighted by molar-refractivity contribution is 6.09. The number of para-hydroxylation sites is 1. The number of carbonyl (C=O) groups excluding carboxylic acids is 1. The second-order valence-electron chi connectivity index (χ2n) is 4.63. The van der Waals surface area contributed by atoms with Crippen molar-refractivity contribution in [2.24, 2.45) is 0 Å². The Labute approximate surface area is 105 Å². The average molecular weight is 238 g/mol. The van der Waals surface area contributed by atoms with Crippen molar-refractivity contribution in [1.82, 2.24) is 9.88 Å². The van der Waals surface area contributed by atoms with Gasteiger partial charge in [0.15, 0.2) is 0 Å². The van der Waals surface area contributed by atoms with E-state index >= 15 is 0 Å². The molecule has 0 aliphatic carbocycles. The number of hydrogen-bond donors (Lipinski definition) is 1. The minimum atomic E-state index is 0.0298. The summed E-state index contributed by atoms with van der Waals surface area (Å²) in [6.07, 6.45) is 0. The fourth-order valence-electron chi connectivity index (χ4n) is 2.24. The molecule has 0 aliphatic rings. The van der Waals surface area contributed by atoms with Crippen LogP contribution in [0.3, 0.4) is 0 Å². The highest BCUT2D eigenvalue weighted by Gasteiger charge is 2.10. The molecule has 2 aromatic carbocycles. The molecule has 0 spiro atoms. The first-order valence-electron chi connectivity index (χ1n) is 5.89. The number of H-pyrrole nitrogens is 1. The van der Waals surface area contributed by atoms with Crippen molar-refractivity contribution in [1.29, 1.82) is 0 Å². The van der Waals surface area contributed by atoms with Crippen molar-refractivity contribution in [3.63, 3.8) is 0 Å². The predicted molar refractivity (Wildman–Crippen MR) is 73.8 cm³/mol. The van der Waals surface area contributed by atoms with E-state index in [2.05, 4.69) is 11.1 Å². The van der Waals surface area contributed by atoms with E-state index in [0.717, 1.165) is 27.4 Å². The summed E-state index contributed by atoms with van der Waals surface area (Å²) in [6, 6.07) is 13.9. The van der Waals surface area contributed by atoms with Crippen molar-refractivity contribution in [3.8, 4) is 0 Å². The number of aromatic nitrogens is 1. The summed E-state index contributed by atoms with van der Waals surface area (Å²) >= 11 is 0. The van der Waals surface area contributed by atoms with Gasteiger partial charge < -0.3 is 9.88 Å². The van der Waals surface area contributed by atoms with E-state index in [0.29, 0.717) is 0 Å². The normalized spacial score (nSPS) is 11.0. The maximum absolute atomic E-state index is 12.0. The molecule has 1 aromatic heterocycles. The van der Waals surface area contributed by atoms with Crippen molar-refractivity contribution >= 4 is 27.7 Å². The summed E-state index contributed by atoms with van der Waals surface area (Å²) in [5.41, 5.74) is 2.88. The summed E-state index contributed by atoms with van der Waals surface area (Å²) < 4.78 is 0. The Morgan fingerprint density at radius 3 is 2.50 bits per heavy atom. The second-order valence-corrected chi connectivity index (χ2v) is 4.63. The number of benzene rings is 2. The molecule has 1 heterocycles. The van der Waals surface area contributed by atoms with Gasteiger partial charge >= 0.3 is 0 Å². The van der Waals surface area contributed by atoms with Crippen molar-refractivity contribution in [2.75, 3.05) is 14.1 Å². The Morgan fingerprint density at radius 2 is 1.72 bits per heavy atom. The number of nitrogens with one attached hydrogen (secondary N) is 1. The van der Waals surface area contributed by atoms with Gasteiger partial charge in [-0.15, -0.1) is 0 Å². The van der Waals surface area contributed by atoms with Crippen LogP contribution in [-0.4, -0.2) is 29.9 Å². The van der Waals surface area contributed by atoms with Crippen LogP contribution in [0.1, 0.15) is 10.4 Å². The van der Waals surface area contributed by atoms with Crippen LogP contribution in [0.25, 0.3) is 21.8 Å². The monoisotopic (exact) mass is 238 g/mol. The van der Waals surface area contributed by atoms with E-state index in [9.17, 15) is 4.79 Å². The standard InChI is InChI=1S/C15H14N2O/c1-17(2)15(18)10-7-8-14-12(9-10)11-5-3-4-6-13(11)16-14/h3-9,16H,1-2H3. The number of nitrogens with zero attached hydrogens (tertiary/aromatic N) is 1. The van der Waals surface area contributed by atoms with Gasteiger partial charge in [-0.25, -0.2) is 0 Å². The lowest BCUT2D eigenvalue weighted by Gasteiger charge is -2.09. The molecule has 1 amide bonds. The lowest BCUT2D eigenvalue weighted by molar-refractivity contribution is 0.0828. The van der Waals surface area contributed by atoms with Crippen LogP contribution < -0.4 is 0 Å². The molecular formula is C15H14N2O. The molecule has 0 aliphatic heterocycles. The minimum Gasteiger partial charge on any atom is -0.355 e. The number of amides is 1. The molecule has 90 valence electrons. The fraction of sp³-hybridized carbons (Fsp3) is 0.133. The zero-order valence-electron chi connectivity index (χ0n) is 10.4. The third-order valence-corrected chi connectivity index (χ3v) is 3.16. The maximum atomic E-state index is 12.0. The molecule has 18 heavy (non-hydrogen) atoms. The van der Waals surface area contributed by atoms with Gasteiger partial charge in [0.1, 0.15) is 0 Å². The number of rotatable bonds is 1. The average Bonchev–Trinajstić information content (AvgIpc) is 2.75. The van der Waals surface area contributed by atoms with Crippen molar-refractivity contribution < 1.29 is 4.79 Å². The highest BCUT2D eigenvalue weighted by atomic mass is 16.2. The SMILES string of the molecule is CN(C)C(=O)c1ccc2[nH]c3ccccc3c2c1. The molecule has 0 saturated carbocycles. The molecule has 0 radical (unpaired) electrons.